The van der Waals surface area contributed by atoms with Gasteiger partial charge in [0.25, 0.3) is 0 Å². The van der Waals surface area contributed by atoms with Crippen molar-refractivity contribution in [2.75, 3.05) is 31.2 Å². The molecule has 1 saturated heterocycles. The van der Waals surface area contributed by atoms with Gasteiger partial charge in [-0.25, -0.2) is 14.6 Å². The first-order chi connectivity index (χ1) is 12.3. The van der Waals surface area contributed by atoms with Crippen LogP contribution >= 0.6 is 0 Å². The van der Waals surface area contributed by atoms with E-state index < -0.39 is 0 Å². The highest BCUT2D eigenvalue weighted by Crippen LogP contribution is 2.25. The van der Waals surface area contributed by atoms with E-state index in [-0.39, 0.29) is 6.61 Å². The molecular weight excluding hydrogens is 318 g/mol. The second kappa shape index (κ2) is 7.00. The van der Waals surface area contributed by atoms with Gasteiger partial charge in [-0.1, -0.05) is 12.1 Å². The topological polar surface area (TPSA) is 76.3 Å². The molecular formula is C18H19N5O2. The van der Waals surface area contributed by atoms with Crippen molar-refractivity contribution in [3.63, 3.8) is 0 Å². The Hall–Kier alpha value is -2.77. The molecule has 4 rings (SSSR count). The molecule has 3 heterocycles. The molecule has 0 unspecified atom stereocenters. The number of aliphatic hydroxyl groups is 1. The van der Waals surface area contributed by atoms with Crippen LogP contribution in [-0.2, 0) is 11.3 Å². The Morgan fingerprint density at radius 2 is 2.04 bits per heavy atom. The van der Waals surface area contributed by atoms with Crippen LogP contribution in [0.4, 0.5) is 5.95 Å². The summed E-state index contributed by atoms with van der Waals surface area (Å²) in [5.74, 6) is 0.667. The second-order valence-electron chi connectivity index (χ2n) is 5.80. The fourth-order valence-corrected chi connectivity index (χ4v) is 2.90. The smallest absolute Gasteiger partial charge is 0.226 e. The fourth-order valence-electron chi connectivity index (χ4n) is 2.90. The lowest BCUT2D eigenvalue weighted by Crippen LogP contribution is -2.37. The highest BCUT2D eigenvalue weighted by molar-refractivity contribution is 5.66. The Morgan fingerprint density at radius 3 is 2.80 bits per heavy atom. The molecule has 7 nitrogen and oxygen atoms in total. The summed E-state index contributed by atoms with van der Waals surface area (Å²) < 4.78 is 7.19. The Bertz CT molecular complexity index is 844. The molecule has 25 heavy (non-hydrogen) atoms. The molecule has 1 fully saturated rings. The third kappa shape index (κ3) is 3.24. The van der Waals surface area contributed by atoms with Gasteiger partial charge in [-0.05, 0) is 18.2 Å². The first-order valence-corrected chi connectivity index (χ1v) is 8.25. The van der Waals surface area contributed by atoms with Gasteiger partial charge in [-0.3, -0.25) is 0 Å². The number of aliphatic hydroxyl groups excluding tert-OH is 1. The molecule has 3 aromatic rings. The normalized spacial score (nSPS) is 14.7. The van der Waals surface area contributed by atoms with Crippen molar-refractivity contribution in [2.24, 2.45) is 0 Å². The molecule has 0 aliphatic carbocycles. The van der Waals surface area contributed by atoms with Gasteiger partial charge in [-0.15, -0.1) is 0 Å². The van der Waals surface area contributed by atoms with Gasteiger partial charge >= 0.3 is 0 Å². The molecule has 0 atom stereocenters. The number of hydrogen-bond acceptors (Lipinski definition) is 6. The van der Waals surface area contributed by atoms with Gasteiger partial charge < -0.3 is 14.7 Å². The second-order valence-corrected chi connectivity index (χ2v) is 5.80. The molecule has 1 aliphatic rings. The van der Waals surface area contributed by atoms with Crippen LogP contribution < -0.4 is 4.90 Å². The van der Waals surface area contributed by atoms with Crippen LogP contribution in [0.3, 0.4) is 0 Å². The lowest BCUT2D eigenvalue weighted by molar-refractivity contribution is 0.122. The van der Waals surface area contributed by atoms with Crippen LogP contribution in [0.15, 0.2) is 48.9 Å². The summed E-state index contributed by atoms with van der Waals surface area (Å²) in [6.45, 7) is 2.78. The van der Waals surface area contributed by atoms with Crippen molar-refractivity contribution in [2.45, 2.75) is 6.61 Å². The minimum Gasteiger partial charge on any atom is -0.392 e. The molecule has 1 aromatic carbocycles. The number of nitrogens with zero attached hydrogens (tertiary/aromatic N) is 5. The van der Waals surface area contributed by atoms with Crippen molar-refractivity contribution < 1.29 is 9.84 Å². The first kappa shape index (κ1) is 15.7. The minimum atomic E-state index is -0.106. The molecule has 0 radical (unpaired) electrons. The van der Waals surface area contributed by atoms with Gasteiger partial charge in [0.15, 0.2) is 0 Å². The number of rotatable bonds is 4. The largest absolute Gasteiger partial charge is 0.392 e. The van der Waals surface area contributed by atoms with Crippen molar-refractivity contribution in [3.8, 4) is 16.9 Å². The fraction of sp³-hybridized carbons (Fsp3) is 0.278. The van der Waals surface area contributed by atoms with Gasteiger partial charge in [0.2, 0.25) is 5.95 Å². The number of anilines is 1. The Labute approximate surface area is 145 Å². The van der Waals surface area contributed by atoms with Gasteiger partial charge in [0.1, 0.15) is 0 Å². The summed E-state index contributed by atoms with van der Waals surface area (Å²) in [7, 11) is 0. The summed E-state index contributed by atoms with van der Waals surface area (Å²) >= 11 is 0. The van der Waals surface area contributed by atoms with Crippen LogP contribution in [0, 0.1) is 0 Å². The van der Waals surface area contributed by atoms with E-state index in [1.54, 1.807) is 17.1 Å². The predicted octanol–water partition coefficient (Wildman–Crippen LogP) is 1.66. The van der Waals surface area contributed by atoms with Gasteiger partial charge in [0, 0.05) is 42.8 Å². The molecule has 1 N–H and O–H groups in total. The van der Waals surface area contributed by atoms with Crippen molar-refractivity contribution >= 4 is 5.95 Å². The van der Waals surface area contributed by atoms with Crippen LogP contribution in [0.2, 0.25) is 0 Å². The standard InChI is InChI=1S/C18H19N5O2/c24-13-15-12-19-18(22-7-9-25-10-8-22)21-17(15)14-3-1-4-16(11-14)23-6-2-5-20-23/h1-6,11-12,24H,7-10,13H2. The van der Waals surface area contributed by atoms with Crippen molar-refractivity contribution in [1.82, 2.24) is 19.7 Å². The van der Waals surface area contributed by atoms with E-state index in [1.807, 2.05) is 36.5 Å². The molecule has 128 valence electrons. The monoisotopic (exact) mass is 337 g/mol. The van der Waals surface area contributed by atoms with E-state index in [0.29, 0.717) is 24.7 Å². The third-order valence-electron chi connectivity index (χ3n) is 4.20. The number of ether oxygens (including phenoxy) is 1. The van der Waals surface area contributed by atoms with Crippen LogP contribution in [0.5, 0.6) is 0 Å². The van der Waals surface area contributed by atoms with E-state index in [4.69, 9.17) is 9.72 Å². The van der Waals surface area contributed by atoms with Crippen molar-refractivity contribution in [1.29, 1.82) is 0 Å². The predicted molar refractivity (Wildman–Crippen MR) is 93.5 cm³/mol. The van der Waals surface area contributed by atoms with Crippen LogP contribution in [0.25, 0.3) is 16.9 Å². The quantitative estimate of drug-likeness (QED) is 0.780. The number of benzene rings is 1. The third-order valence-corrected chi connectivity index (χ3v) is 4.20. The molecule has 0 bridgehead atoms. The molecule has 2 aromatic heterocycles. The van der Waals surface area contributed by atoms with E-state index in [0.717, 1.165) is 30.0 Å². The zero-order valence-corrected chi connectivity index (χ0v) is 13.7. The van der Waals surface area contributed by atoms with Crippen LogP contribution in [-0.4, -0.2) is 51.2 Å². The van der Waals surface area contributed by atoms with E-state index in [2.05, 4.69) is 15.0 Å². The summed E-state index contributed by atoms with van der Waals surface area (Å²) in [5.41, 5.74) is 3.31. The molecule has 0 amide bonds. The highest BCUT2D eigenvalue weighted by atomic mass is 16.5. The summed E-state index contributed by atoms with van der Waals surface area (Å²) in [4.78, 5) is 11.2. The summed E-state index contributed by atoms with van der Waals surface area (Å²) in [6.07, 6.45) is 5.34. The zero-order valence-electron chi connectivity index (χ0n) is 13.7. The van der Waals surface area contributed by atoms with E-state index in [9.17, 15) is 5.11 Å². The molecule has 0 saturated carbocycles. The van der Waals surface area contributed by atoms with Crippen LogP contribution in [0.1, 0.15) is 5.56 Å². The number of morpholine rings is 1. The Kier molecular flexibility index (Phi) is 4.41. The molecule has 1 aliphatic heterocycles. The average Bonchev–Trinajstić information content (AvgIpc) is 3.23. The van der Waals surface area contributed by atoms with Gasteiger partial charge in [0.05, 0.1) is 31.2 Å². The Morgan fingerprint density at radius 1 is 1.16 bits per heavy atom. The number of hydrogen-bond donors (Lipinski definition) is 1. The maximum Gasteiger partial charge on any atom is 0.226 e. The first-order valence-electron chi connectivity index (χ1n) is 8.25. The minimum absolute atomic E-state index is 0.106. The Balaban J connectivity index is 1.74. The van der Waals surface area contributed by atoms with E-state index >= 15 is 0 Å². The maximum absolute atomic E-state index is 9.70. The maximum atomic E-state index is 9.70. The molecule has 0 spiro atoms. The molecule has 7 heteroatoms. The average molecular weight is 337 g/mol. The lowest BCUT2D eigenvalue weighted by Gasteiger charge is -2.27. The van der Waals surface area contributed by atoms with E-state index in [1.165, 1.54) is 0 Å². The highest BCUT2D eigenvalue weighted by Gasteiger charge is 2.17. The SMILES string of the molecule is OCc1cnc(N2CCOCC2)nc1-c1cccc(-n2cccn2)c1. The summed E-state index contributed by atoms with van der Waals surface area (Å²) in [6, 6.07) is 9.82. The van der Waals surface area contributed by atoms with Crippen molar-refractivity contribution in [3.05, 3.63) is 54.5 Å². The van der Waals surface area contributed by atoms with Gasteiger partial charge in [-0.2, -0.15) is 5.10 Å². The number of aromatic nitrogens is 4. The zero-order chi connectivity index (χ0) is 17.1. The summed E-state index contributed by atoms with van der Waals surface area (Å²) in [5, 5.41) is 14.0. The lowest BCUT2D eigenvalue weighted by atomic mass is 10.1.